The van der Waals surface area contributed by atoms with Gasteiger partial charge >= 0.3 is 0 Å². The smallest absolute Gasteiger partial charge is 0.236 e. The van der Waals surface area contributed by atoms with Crippen LogP contribution in [0.3, 0.4) is 0 Å². The lowest BCUT2D eigenvalue weighted by Gasteiger charge is -2.24. The summed E-state index contributed by atoms with van der Waals surface area (Å²) in [5, 5.41) is 9.42. The number of carbonyl (C=O) groups excluding carboxylic acids is 1. The number of hydrogen-bond acceptors (Lipinski definition) is 4. The van der Waals surface area contributed by atoms with Crippen molar-refractivity contribution in [1.29, 1.82) is 0 Å². The van der Waals surface area contributed by atoms with Gasteiger partial charge in [-0.3, -0.25) is 4.79 Å². The van der Waals surface area contributed by atoms with E-state index in [2.05, 4.69) is 18.8 Å². The highest BCUT2D eigenvalue weighted by Gasteiger charge is 2.13. The molecule has 0 fully saturated rings. The molecule has 0 saturated heterocycles. The van der Waals surface area contributed by atoms with Gasteiger partial charge in [-0.25, -0.2) is 4.98 Å². The number of carbonyl (C=O) groups is 1. The number of primary amides is 1. The minimum Gasteiger partial charge on any atom is -0.389 e. The molecule has 0 aliphatic rings. The largest absolute Gasteiger partial charge is 0.389 e. The molecule has 0 bridgehead atoms. The fourth-order valence-corrected chi connectivity index (χ4v) is 1.70. The lowest BCUT2D eigenvalue weighted by molar-refractivity contribution is -0.116. The molecule has 5 heteroatoms. The van der Waals surface area contributed by atoms with Gasteiger partial charge in [-0.05, 0) is 24.5 Å². The quantitative estimate of drug-likeness (QED) is 0.793. The first-order chi connectivity index (χ1) is 8.40. The molecule has 0 spiro atoms. The molecule has 1 aromatic rings. The van der Waals surface area contributed by atoms with Crippen molar-refractivity contribution in [1.82, 2.24) is 4.98 Å². The standard InChI is InChI=1S/C13H21N3O2/c1-9(2)7-16(8-12(14)18)13-5-4-11(6-15-13)10(3)17/h4-6,9-10,17H,7-8H2,1-3H3,(H2,14,18)/t10-/m1/s1. The molecule has 1 rings (SSSR count). The Morgan fingerprint density at radius 2 is 2.11 bits per heavy atom. The van der Waals surface area contributed by atoms with Crippen LogP contribution in [-0.4, -0.2) is 29.1 Å². The number of aliphatic hydroxyl groups is 1. The van der Waals surface area contributed by atoms with Crippen LogP contribution in [0.15, 0.2) is 18.3 Å². The second kappa shape index (κ2) is 6.35. The number of anilines is 1. The molecule has 5 nitrogen and oxygen atoms in total. The van der Waals surface area contributed by atoms with Crippen LogP contribution in [0, 0.1) is 5.92 Å². The van der Waals surface area contributed by atoms with Crippen LogP contribution >= 0.6 is 0 Å². The summed E-state index contributed by atoms with van der Waals surface area (Å²) in [6, 6.07) is 3.61. The predicted octanol–water partition coefficient (Wildman–Crippen LogP) is 1.08. The van der Waals surface area contributed by atoms with E-state index in [1.807, 2.05) is 4.90 Å². The molecular weight excluding hydrogens is 230 g/mol. The van der Waals surface area contributed by atoms with E-state index in [-0.39, 0.29) is 12.5 Å². The Labute approximate surface area is 108 Å². The van der Waals surface area contributed by atoms with Crippen LogP contribution < -0.4 is 10.6 Å². The topological polar surface area (TPSA) is 79.5 Å². The maximum atomic E-state index is 11.1. The second-order valence-corrected chi connectivity index (χ2v) is 4.87. The summed E-state index contributed by atoms with van der Waals surface area (Å²) in [6.07, 6.45) is 1.08. The van der Waals surface area contributed by atoms with E-state index in [0.29, 0.717) is 18.3 Å². The molecule has 100 valence electrons. The molecule has 0 saturated carbocycles. The van der Waals surface area contributed by atoms with Gasteiger partial charge in [-0.1, -0.05) is 19.9 Å². The fourth-order valence-electron chi connectivity index (χ4n) is 1.70. The van der Waals surface area contributed by atoms with Crippen molar-refractivity contribution in [3.8, 4) is 0 Å². The van der Waals surface area contributed by atoms with Gasteiger partial charge in [0.2, 0.25) is 5.91 Å². The van der Waals surface area contributed by atoms with Crippen LogP contribution in [0.1, 0.15) is 32.4 Å². The normalized spacial score (nSPS) is 12.5. The van der Waals surface area contributed by atoms with Gasteiger partial charge < -0.3 is 15.7 Å². The third-order valence-electron chi connectivity index (χ3n) is 2.51. The minimum atomic E-state index is -0.541. The number of aromatic nitrogens is 1. The van der Waals surface area contributed by atoms with Gasteiger partial charge in [0.15, 0.2) is 0 Å². The van der Waals surface area contributed by atoms with E-state index in [1.54, 1.807) is 25.3 Å². The van der Waals surface area contributed by atoms with Gasteiger partial charge in [-0.15, -0.1) is 0 Å². The maximum absolute atomic E-state index is 11.1. The number of nitrogens with two attached hydrogens (primary N) is 1. The zero-order valence-corrected chi connectivity index (χ0v) is 11.1. The zero-order chi connectivity index (χ0) is 13.7. The van der Waals surface area contributed by atoms with Gasteiger partial charge in [0.1, 0.15) is 5.82 Å². The third-order valence-corrected chi connectivity index (χ3v) is 2.51. The molecule has 18 heavy (non-hydrogen) atoms. The third kappa shape index (κ3) is 4.33. The first-order valence-corrected chi connectivity index (χ1v) is 6.07. The number of pyridine rings is 1. The molecule has 0 radical (unpaired) electrons. The van der Waals surface area contributed by atoms with Crippen molar-refractivity contribution < 1.29 is 9.90 Å². The van der Waals surface area contributed by atoms with Crippen molar-refractivity contribution in [3.05, 3.63) is 23.9 Å². The van der Waals surface area contributed by atoms with E-state index in [4.69, 9.17) is 5.73 Å². The average Bonchev–Trinajstić information content (AvgIpc) is 2.27. The highest BCUT2D eigenvalue weighted by molar-refractivity contribution is 5.79. The zero-order valence-electron chi connectivity index (χ0n) is 11.1. The summed E-state index contributed by atoms with van der Waals surface area (Å²) >= 11 is 0. The molecule has 1 amide bonds. The van der Waals surface area contributed by atoms with Gasteiger partial charge in [0, 0.05) is 12.7 Å². The molecule has 0 aliphatic carbocycles. The fraction of sp³-hybridized carbons (Fsp3) is 0.538. The van der Waals surface area contributed by atoms with Crippen LogP contribution in [0.2, 0.25) is 0 Å². The number of nitrogens with zero attached hydrogens (tertiary/aromatic N) is 2. The Kier molecular flexibility index (Phi) is 5.09. The highest BCUT2D eigenvalue weighted by Crippen LogP contribution is 2.16. The summed E-state index contributed by atoms with van der Waals surface area (Å²) in [7, 11) is 0. The molecule has 1 heterocycles. The van der Waals surface area contributed by atoms with E-state index < -0.39 is 6.10 Å². The Morgan fingerprint density at radius 3 is 2.50 bits per heavy atom. The van der Waals surface area contributed by atoms with Gasteiger partial charge in [-0.2, -0.15) is 0 Å². The van der Waals surface area contributed by atoms with E-state index >= 15 is 0 Å². The molecule has 0 aliphatic heterocycles. The maximum Gasteiger partial charge on any atom is 0.236 e. The monoisotopic (exact) mass is 251 g/mol. The van der Waals surface area contributed by atoms with E-state index in [9.17, 15) is 9.90 Å². The number of hydrogen-bond donors (Lipinski definition) is 2. The summed E-state index contributed by atoms with van der Waals surface area (Å²) in [5.74, 6) is 0.728. The van der Waals surface area contributed by atoms with Crippen molar-refractivity contribution >= 4 is 11.7 Å². The van der Waals surface area contributed by atoms with Gasteiger partial charge in [0.25, 0.3) is 0 Å². The highest BCUT2D eigenvalue weighted by atomic mass is 16.3. The van der Waals surface area contributed by atoms with Crippen LogP contribution in [0.4, 0.5) is 5.82 Å². The summed E-state index contributed by atoms with van der Waals surface area (Å²) < 4.78 is 0. The number of amides is 1. The van der Waals surface area contributed by atoms with Gasteiger partial charge in [0.05, 0.1) is 12.6 Å². The number of rotatable bonds is 6. The molecule has 0 unspecified atom stereocenters. The summed E-state index contributed by atoms with van der Waals surface area (Å²) in [6.45, 7) is 6.69. The molecule has 1 aromatic heterocycles. The Bertz CT molecular complexity index is 388. The Morgan fingerprint density at radius 1 is 1.44 bits per heavy atom. The predicted molar refractivity (Wildman–Crippen MR) is 71.1 cm³/mol. The average molecular weight is 251 g/mol. The molecular formula is C13H21N3O2. The van der Waals surface area contributed by atoms with Crippen LogP contribution in [0.5, 0.6) is 0 Å². The minimum absolute atomic E-state index is 0.152. The molecule has 0 aromatic carbocycles. The van der Waals surface area contributed by atoms with Crippen molar-refractivity contribution in [2.24, 2.45) is 11.7 Å². The van der Waals surface area contributed by atoms with E-state index in [0.717, 1.165) is 5.56 Å². The first kappa shape index (κ1) is 14.4. The second-order valence-electron chi connectivity index (χ2n) is 4.87. The van der Waals surface area contributed by atoms with Crippen molar-refractivity contribution in [2.45, 2.75) is 26.9 Å². The number of aliphatic hydroxyl groups excluding tert-OH is 1. The van der Waals surface area contributed by atoms with E-state index in [1.165, 1.54) is 0 Å². The summed E-state index contributed by atoms with van der Waals surface area (Å²) in [4.78, 5) is 17.2. The van der Waals surface area contributed by atoms with Crippen molar-refractivity contribution in [2.75, 3.05) is 18.0 Å². The Balaban J connectivity index is 2.87. The lowest BCUT2D eigenvalue weighted by atomic mass is 10.1. The SMILES string of the molecule is CC(C)CN(CC(N)=O)c1ccc([C@@H](C)O)cn1. The summed E-state index contributed by atoms with van der Waals surface area (Å²) in [5.41, 5.74) is 5.99. The lowest BCUT2D eigenvalue weighted by Crippen LogP contribution is -2.36. The molecule has 1 atom stereocenters. The molecule has 3 N–H and O–H groups in total. The Hall–Kier alpha value is -1.62. The van der Waals surface area contributed by atoms with Crippen LogP contribution in [0.25, 0.3) is 0 Å². The first-order valence-electron chi connectivity index (χ1n) is 6.07. The van der Waals surface area contributed by atoms with Crippen LogP contribution in [-0.2, 0) is 4.79 Å². The van der Waals surface area contributed by atoms with Crippen molar-refractivity contribution in [3.63, 3.8) is 0 Å².